The van der Waals surface area contributed by atoms with Crippen molar-refractivity contribution in [1.82, 2.24) is 24.5 Å². The van der Waals surface area contributed by atoms with Crippen molar-refractivity contribution >= 4 is 31.6 Å². The van der Waals surface area contributed by atoms with Crippen molar-refractivity contribution in [2.75, 3.05) is 6.54 Å². The Morgan fingerprint density at radius 3 is 2.69 bits per heavy atom. The lowest BCUT2D eigenvalue weighted by Crippen LogP contribution is -2.32. The van der Waals surface area contributed by atoms with Gasteiger partial charge >= 0.3 is 0 Å². The fourth-order valence-corrected chi connectivity index (χ4v) is 4.83. The fourth-order valence-electron chi connectivity index (χ4n) is 2.84. The molecule has 0 amide bonds. The Morgan fingerprint density at radius 2 is 1.90 bits per heavy atom. The number of rotatable bonds is 6. The molecule has 148 valence electrons. The minimum absolute atomic E-state index is 0.0365. The molecule has 0 atom stereocenters. The average Bonchev–Trinajstić information content (AvgIpc) is 3.09. The highest BCUT2D eigenvalue weighted by atomic mass is 32.2. The predicted molar refractivity (Wildman–Crippen MR) is 111 cm³/mol. The van der Waals surface area contributed by atoms with Crippen LogP contribution < -0.4 is 10.3 Å². The van der Waals surface area contributed by atoms with Gasteiger partial charge in [0.25, 0.3) is 5.56 Å². The maximum atomic E-state index is 12.6. The van der Waals surface area contributed by atoms with Crippen molar-refractivity contribution in [2.45, 2.75) is 18.4 Å². The van der Waals surface area contributed by atoms with E-state index in [-0.39, 0.29) is 23.5 Å². The van der Waals surface area contributed by atoms with Gasteiger partial charge in [-0.2, -0.15) is 5.10 Å². The van der Waals surface area contributed by atoms with Gasteiger partial charge in [-0.3, -0.25) is 9.78 Å². The van der Waals surface area contributed by atoms with Gasteiger partial charge in [-0.15, -0.1) is 11.3 Å². The number of hydrogen-bond donors (Lipinski definition) is 1. The third-order valence-electron chi connectivity index (χ3n) is 4.24. The highest BCUT2D eigenvalue weighted by Gasteiger charge is 2.15. The molecule has 0 aliphatic carbocycles. The quantitative estimate of drug-likeness (QED) is 0.506. The molecule has 3 aromatic heterocycles. The number of nitrogens with zero attached hydrogens (tertiary/aromatic N) is 4. The van der Waals surface area contributed by atoms with E-state index in [2.05, 4.69) is 19.8 Å². The van der Waals surface area contributed by atoms with Crippen LogP contribution in [0.25, 0.3) is 21.5 Å². The van der Waals surface area contributed by atoms with Crippen LogP contribution in [0.4, 0.5) is 0 Å². The number of aromatic nitrogens is 4. The second kappa shape index (κ2) is 7.82. The van der Waals surface area contributed by atoms with E-state index in [0.717, 1.165) is 20.8 Å². The van der Waals surface area contributed by atoms with Gasteiger partial charge in [-0.1, -0.05) is 0 Å². The van der Waals surface area contributed by atoms with E-state index in [1.54, 1.807) is 42.7 Å². The molecule has 0 saturated heterocycles. The van der Waals surface area contributed by atoms with Crippen LogP contribution in [0.3, 0.4) is 0 Å². The maximum Gasteiger partial charge on any atom is 0.266 e. The molecule has 8 nitrogen and oxygen atoms in total. The van der Waals surface area contributed by atoms with Gasteiger partial charge in [-0.25, -0.2) is 22.8 Å². The standard InChI is InChI=1S/C19H17N5O3S2/c1-13-22-17-3-2-15(12-18(17)28-13)29(26,27)21-10-11-24-19(25)5-4-16(23-24)14-6-8-20-9-7-14/h2-9,12,21H,10-11H2,1H3. The summed E-state index contributed by atoms with van der Waals surface area (Å²) in [5.74, 6) is 0. The number of nitrogens with one attached hydrogen (secondary N) is 1. The number of aryl methyl sites for hydroxylation is 1. The van der Waals surface area contributed by atoms with E-state index in [1.165, 1.54) is 28.2 Å². The molecule has 1 aromatic carbocycles. The monoisotopic (exact) mass is 427 g/mol. The summed E-state index contributed by atoms with van der Waals surface area (Å²) in [4.78, 5) is 20.5. The van der Waals surface area contributed by atoms with Crippen molar-refractivity contribution in [3.63, 3.8) is 0 Å². The molecule has 29 heavy (non-hydrogen) atoms. The van der Waals surface area contributed by atoms with Gasteiger partial charge in [-0.05, 0) is 43.3 Å². The van der Waals surface area contributed by atoms with E-state index < -0.39 is 10.0 Å². The van der Waals surface area contributed by atoms with Crippen LogP contribution in [-0.4, -0.2) is 34.7 Å². The number of fused-ring (bicyclic) bond motifs is 1. The van der Waals surface area contributed by atoms with Crippen molar-refractivity contribution < 1.29 is 8.42 Å². The molecule has 3 heterocycles. The minimum Gasteiger partial charge on any atom is -0.268 e. The Kier molecular flexibility index (Phi) is 5.22. The number of hydrogen-bond acceptors (Lipinski definition) is 7. The molecule has 10 heteroatoms. The first-order valence-corrected chi connectivity index (χ1v) is 11.1. The van der Waals surface area contributed by atoms with Crippen LogP contribution in [-0.2, 0) is 16.6 Å². The number of sulfonamides is 1. The SMILES string of the molecule is Cc1nc2ccc(S(=O)(=O)NCCn3nc(-c4ccncc4)ccc3=O)cc2s1. The zero-order valence-electron chi connectivity index (χ0n) is 15.4. The molecule has 0 aliphatic heterocycles. The summed E-state index contributed by atoms with van der Waals surface area (Å²) >= 11 is 1.44. The van der Waals surface area contributed by atoms with Gasteiger partial charge in [0.05, 0.1) is 32.4 Å². The summed E-state index contributed by atoms with van der Waals surface area (Å²) in [6, 6.07) is 11.4. The van der Waals surface area contributed by atoms with E-state index in [4.69, 9.17) is 0 Å². The van der Waals surface area contributed by atoms with E-state index in [9.17, 15) is 13.2 Å². The van der Waals surface area contributed by atoms with Gasteiger partial charge in [0, 0.05) is 30.6 Å². The average molecular weight is 428 g/mol. The molecule has 0 aliphatic rings. The predicted octanol–water partition coefficient (Wildman–Crippen LogP) is 2.20. The topological polar surface area (TPSA) is 107 Å². The second-order valence-electron chi connectivity index (χ2n) is 6.28. The van der Waals surface area contributed by atoms with Crippen molar-refractivity contribution in [1.29, 1.82) is 0 Å². The molecule has 0 fully saturated rings. The van der Waals surface area contributed by atoms with Crippen molar-refractivity contribution in [2.24, 2.45) is 0 Å². The maximum absolute atomic E-state index is 12.6. The lowest BCUT2D eigenvalue weighted by molar-refractivity contribution is 0.549. The van der Waals surface area contributed by atoms with Crippen molar-refractivity contribution in [3.05, 3.63) is 70.2 Å². The Labute approximate surface area is 170 Å². The van der Waals surface area contributed by atoms with Crippen LogP contribution in [0.2, 0.25) is 0 Å². The Morgan fingerprint density at radius 1 is 1.10 bits per heavy atom. The van der Waals surface area contributed by atoms with Crippen LogP contribution >= 0.6 is 11.3 Å². The number of thiazole rings is 1. The third kappa shape index (κ3) is 4.24. The van der Waals surface area contributed by atoms with Crippen LogP contribution in [0.1, 0.15) is 5.01 Å². The van der Waals surface area contributed by atoms with E-state index in [0.29, 0.717) is 5.69 Å². The summed E-state index contributed by atoms with van der Waals surface area (Å²) in [7, 11) is -3.71. The smallest absolute Gasteiger partial charge is 0.266 e. The first-order valence-electron chi connectivity index (χ1n) is 8.78. The normalized spacial score (nSPS) is 11.8. The highest BCUT2D eigenvalue weighted by Crippen LogP contribution is 2.24. The largest absolute Gasteiger partial charge is 0.268 e. The molecule has 0 saturated carbocycles. The third-order valence-corrected chi connectivity index (χ3v) is 6.63. The highest BCUT2D eigenvalue weighted by molar-refractivity contribution is 7.89. The number of benzene rings is 1. The van der Waals surface area contributed by atoms with Crippen molar-refractivity contribution in [3.8, 4) is 11.3 Å². The summed E-state index contributed by atoms with van der Waals surface area (Å²) in [6.45, 7) is 2.02. The first-order chi connectivity index (χ1) is 13.9. The summed E-state index contributed by atoms with van der Waals surface area (Å²) in [5, 5.41) is 5.19. The molecular weight excluding hydrogens is 410 g/mol. The first kappa shape index (κ1) is 19.4. The van der Waals surface area contributed by atoms with E-state index in [1.807, 2.05) is 6.92 Å². The minimum atomic E-state index is -3.71. The van der Waals surface area contributed by atoms with Crippen LogP contribution in [0.15, 0.2) is 64.5 Å². The molecule has 4 rings (SSSR count). The van der Waals surface area contributed by atoms with Gasteiger partial charge in [0.15, 0.2) is 0 Å². The molecule has 0 radical (unpaired) electrons. The summed E-state index contributed by atoms with van der Waals surface area (Å²) < 4.78 is 29.8. The second-order valence-corrected chi connectivity index (χ2v) is 9.28. The van der Waals surface area contributed by atoms with Crippen LogP contribution in [0.5, 0.6) is 0 Å². The lowest BCUT2D eigenvalue weighted by Gasteiger charge is -2.09. The molecule has 4 aromatic rings. The lowest BCUT2D eigenvalue weighted by atomic mass is 10.2. The van der Waals surface area contributed by atoms with Gasteiger partial charge in [0.1, 0.15) is 0 Å². The zero-order chi connectivity index (χ0) is 20.4. The summed E-state index contributed by atoms with van der Waals surface area (Å²) in [5.41, 5.74) is 1.90. The Balaban J connectivity index is 1.49. The van der Waals surface area contributed by atoms with Crippen LogP contribution in [0, 0.1) is 6.92 Å². The molecule has 0 spiro atoms. The zero-order valence-corrected chi connectivity index (χ0v) is 17.1. The molecular formula is C19H17N5O3S2. The molecule has 0 unspecified atom stereocenters. The fraction of sp³-hybridized carbons (Fsp3) is 0.158. The van der Waals surface area contributed by atoms with Gasteiger partial charge in [0.2, 0.25) is 10.0 Å². The summed E-state index contributed by atoms with van der Waals surface area (Å²) in [6.07, 6.45) is 3.28. The number of pyridine rings is 1. The Bertz CT molecular complexity index is 1330. The molecule has 0 bridgehead atoms. The van der Waals surface area contributed by atoms with E-state index >= 15 is 0 Å². The molecule has 1 N–H and O–H groups in total. The van der Waals surface area contributed by atoms with Gasteiger partial charge < -0.3 is 0 Å². The Hall–Kier alpha value is -2.95.